The molecule has 3 fully saturated rings. The molecule has 0 aromatic heterocycles. The van der Waals surface area contributed by atoms with Crippen LogP contribution in [-0.4, -0.2) is 24.0 Å². The molecular weight excluding hydrogens is 278 g/mol. The van der Waals surface area contributed by atoms with Gasteiger partial charge >= 0.3 is 0 Å². The van der Waals surface area contributed by atoms with E-state index in [0.29, 0.717) is 0 Å². The molecule has 0 radical (unpaired) electrons. The molecule has 1 aromatic rings. The first-order chi connectivity index (χ1) is 10.2. The predicted molar refractivity (Wildman–Crippen MR) is 89.0 cm³/mol. The Balaban J connectivity index is 1.41. The van der Waals surface area contributed by atoms with Gasteiger partial charge in [0.1, 0.15) is 0 Å². The Morgan fingerprint density at radius 2 is 1.86 bits per heavy atom. The van der Waals surface area contributed by atoms with Crippen LogP contribution in [0.25, 0.3) is 0 Å². The van der Waals surface area contributed by atoms with E-state index in [2.05, 4.69) is 24.0 Å². The smallest absolute Gasteiger partial charge is 0.0409 e. The molecule has 114 valence electrons. The van der Waals surface area contributed by atoms with Crippen LogP contribution in [-0.2, 0) is 0 Å². The van der Waals surface area contributed by atoms with E-state index in [1.54, 1.807) is 0 Å². The van der Waals surface area contributed by atoms with E-state index in [1.165, 1.54) is 62.7 Å². The number of nitrogens with zero attached hydrogens (tertiary/aromatic N) is 1. The highest BCUT2D eigenvalue weighted by Crippen LogP contribution is 2.47. The molecule has 1 saturated heterocycles. The lowest BCUT2D eigenvalue weighted by Crippen LogP contribution is -2.43. The first kappa shape index (κ1) is 14.1. The van der Waals surface area contributed by atoms with Crippen molar-refractivity contribution < 1.29 is 0 Å². The molecule has 1 nitrogen and oxygen atoms in total. The summed E-state index contributed by atoms with van der Waals surface area (Å²) in [6, 6.07) is 7.32. The van der Waals surface area contributed by atoms with E-state index < -0.39 is 0 Å². The maximum Gasteiger partial charge on any atom is 0.0409 e. The standard InChI is InChI=1S/C19H26ClN/c1-13-2-5-17(20)12-18(13)15-6-8-21(9-7-15)19-11-14-3-4-16(19)10-14/h2,5,12,14-16,19H,3-4,6-11H2,1H3/t14-,16-,19+/m0/s1. The average Bonchev–Trinajstić information content (AvgIpc) is 3.13. The minimum absolute atomic E-state index is 0.721. The number of halogens is 1. The zero-order chi connectivity index (χ0) is 14.4. The minimum Gasteiger partial charge on any atom is -0.300 e. The third-order valence-electron chi connectivity index (χ3n) is 6.38. The van der Waals surface area contributed by atoms with Crippen LogP contribution < -0.4 is 0 Å². The van der Waals surface area contributed by atoms with Gasteiger partial charge in [0.25, 0.3) is 0 Å². The summed E-state index contributed by atoms with van der Waals surface area (Å²) in [5.74, 6) is 2.81. The normalized spacial score (nSPS) is 33.7. The molecule has 1 heterocycles. The second-order valence-corrected chi connectivity index (χ2v) is 7.99. The summed E-state index contributed by atoms with van der Waals surface area (Å²) in [5, 5.41) is 0.895. The number of piperidine rings is 1. The molecule has 4 rings (SSSR count). The summed E-state index contributed by atoms with van der Waals surface area (Å²) < 4.78 is 0. The van der Waals surface area contributed by atoms with Gasteiger partial charge in [-0.25, -0.2) is 0 Å². The number of fused-ring (bicyclic) bond motifs is 2. The lowest BCUT2D eigenvalue weighted by molar-refractivity contribution is 0.110. The van der Waals surface area contributed by atoms with E-state index >= 15 is 0 Å². The summed E-state index contributed by atoms with van der Waals surface area (Å²) in [5.41, 5.74) is 2.91. The zero-order valence-corrected chi connectivity index (χ0v) is 13.8. The fourth-order valence-electron chi connectivity index (χ4n) is 5.25. The first-order valence-corrected chi connectivity index (χ1v) is 9.08. The molecule has 1 aromatic carbocycles. The average molecular weight is 304 g/mol. The predicted octanol–water partition coefficient (Wildman–Crippen LogP) is 5.02. The van der Waals surface area contributed by atoms with Gasteiger partial charge < -0.3 is 4.90 Å². The number of rotatable bonds is 2. The summed E-state index contributed by atoms with van der Waals surface area (Å²) in [6.07, 6.45) is 8.66. The monoisotopic (exact) mass is 303 g/mol. The highest BCUT2D eigenvalue weighted by atomic mass is 35.5. The van der Waals surface area contributed by atoms with Crippen molar-refractivity contribution in [3.05, 3.63) is 34.3 Å². The molecule has 0 spiro atoms. The number of likely N-dealkylation sites (tertiary alicyclic amines) is 1. The van der Waals surface area contributed by atoms with Crippen molar-refractivity contribution in [3.8, 4) is 0 Å². The van der Waals surface area contributed by atoms with Gasteiger partial charge in [0.2, 0.25) is 0 Å². The lowest BCUT2D eigenvalue weighted by atomic mass is 9.85. The SMILES string of the molecule is Cc1ccc(Cl)cc1C1CCN([C@@H]2C[C@H]3CC[C@H]2C3)CC1. The van der Waals surface area contributed by atoms with E-state index in [0.717, 1.165) is 28.8 Å². The quantitative estimate of drug-likeness (QED) is 0.742. The Morgan fingerprint density at radius 1 is 1.05 bits per heavy atom. The van der Waals surface area contributed by atoms with Gasteiger partial charge in [0.05, 0.1) is 0 Å². The van der Waals surface area contributed by atoms with E-state index in [4.69, 9.17) is 11.6 Å². The Bertz CT molecular complexity index is 518. The molecule has 1 aliphatic heterocycles. The third kappa shape index (κ3) is 2.64. The molecule has 2 saturated carbocycles. The second-order valence-electron chi connectivity index (χ2n) is 7.55. The Kier molecular flexibility index (Phi) is 3.75. The molecule has 0 unspecified atom stereocenters. The van der Waals surface area contributed by atoms with Crippen molar-refractivity contribution in [2.24, 2.45) is 11.8 Å². The van der Waals surface area contributed by atoms with Gasteiger partial charge in [0.15, 0.2) is 0 Å². The van der Waals surface area contributed by atoms with Crippen molar-refractivity contribution in [1.29, 1.82) is 0 Å². The number of hydrogen-bond donors (Lipinski definition) is 0. The lowest BCUT2D eigenvalue weighted by Gasteiger charge is -2.40. The van der Waals surface area contributed by atoms with Gasteiger partial charge in [0, 0.05) is 11.1 Å². The van der Waals surface area contributed by atoms with Crippen LogP contribution in [0.5, 0.6) is 0 Å². The third-order valence-corrected chi connectivity index (χ3v) is 6.62. The zero-order valence-electron chi connectivity index (χ0n) is 13.0. The highest BCUT2D eigenvalue weighted by Gasteiger charge is 2.42. The molecule has 21 heavy (non-hydrogen) atoms. The van der Waals surface area contributed by atoms with Crippen molar-refractivity contribution in [2.75, 3.05) is 13.1 Å². The van der Waals surface area contributed by atoms with E-state index in [1.807, 2.05) is 6.07 Å². The van der Waals surface area contributed by atoms with Gasteiger partial charge in [-0.3, -0.25) is 0 Å². The summed E-state index contributed by atoms with van der Waals surface area (Å²) in [6.45, 7) is 4.82. The molecule has 2 bridgehead atoms. The molecule has 0 N–H and O–H groups in total. The largest absolute Gasteiger partial charge is 0.300 e. The summed E-state index contributed by atoms with van der Waals surface area (Å²) in [4.78, 5) is 2.82. The van der Waals surface area contributed by atoms with Crippen molar-refractivity contribution in [1.82, 2.24) is 4.90 Å². The maximum absolute atomic E-state index is 6.20. The van der Waals surface area contributed by atoms with Gasteiger partial charge in [-0.05, 0) is 93.1 Å². The number of aryl methyl sites for hydroxylation is 1. The molecule has 2 heteroatoms. The van der Waals surface area contributed by atoms with Crippen LogP contribution >= 0.6 is 11.6 Å². The molecule has 3 aliphatic rings. The van der Waals surface area contributed by atoms with Crippen LogP contribution in [0.1, 0.15) is 55.6 Å². The first-order valence-electron chi connectivity index (χ1n) is 8.71. The Morgan fingerprint density at radius 3 is 2.52 bits per heavy atom. The van der Waals surface area contributed by atoms with Crippen LogP contribution in [0.15, 0.2) is 18.2 Å². The topological polar surface area (TPSA) is 3.24 Å². The van der Waals surface area contributed by atoms with Gasteiger partial charge in [-0.1, -0.05) is 24.1 Å². The van der Waals surface area contributed by atoms with E-state index in [-0.39, 0.29) is 0 Å². The van der Waals surface area contributed by atoms with Crippen LogP contribution in [0.4, 0.5) is 0 Å². The summed E-state index contributed by atoms with van der Waals surface area (Å²) >= 11 is 6.20. The van der Waals surface area contributed by atoms with Crippen molar-refractivity contribution >= 4 is 11.6 Å². The fraction of sp³-hybridized carbons (Fsp3) is 0.684. The fourth-order valence-corrected chi connectivity index (χ4v) is 5.43. The molecule has 3 atom stereocenters. The van der Waals surface area contributed by atoms with Crippen LogP contribution in [0.2, 0.25) is 5.02 Å². The second kappa shape index (κ2) is 5.59. The number of benzene rings is 1. The maximum atomic E-state index is 6.20. The van der Waals surface area contributed by atoms with Crippen LogP contribution in [0.3, 0.4) is 0 Å². The summed E-state index contributed by atoms with van der Waals surface area (Å²) in [7, 11) is 0. The van der Waals surface area contributed by atoms with Crippen molar-refractivity contribution in [2.45, 2.75) is 57.4 Å². The minimum atomic E-state index is 0.721. The van der Waals surface area contributed by atoms with E-state index in [9.17, 15) is 0 Å². The Labute approximate surface area is 133 Å². The van der Waals surface area contributed by atoms with Gasteiger partial charge in [-0.15, -0.1) is 0 Å². The number of hydrogen-bond acceptors (Lipinski definition) is 1. The molecule has 2 aliphatic carbocycles. The molecular formula is C19H26ClN. The van der Waals surface area contributed by atoms with Gasteiger partial charge in [-0.2, -0.15) is 0 Å². The highest BCUT2D eigenvalue weighted by molar-refractivity contribution is 6.30. The molecule has 0 amide bonds. The van der Waals surface area contributed by atoms with Crippen molar-refractivity contribution in [3.63, 3.8) is 0 Å². The Hall–Kier alpha value is -0.530. The van der Waals surface area contributed by atoms with Crippen LogP contribution in [0, 0.1) is 18.8 Å².